The second-order valence-corrected chi connectivity index (χ2v) is 12.0. The van der Waals surface area contributed by atoms with E-state index in [1.165, 1.54) is 24.5 Å². The topological polar surface area (TPSA) is 91.5 Å². The monoisotopic (exact) mass is 585 g/mol. The van der Waals surface area contributed by atoms with Crippen molar-refractivity contribution in [2.24, 2.45) is 5.41 Å². The third-order valence-electron chi connectivity index (χ3n) is 7.27. The van der Waals surface area contributed by atoms with Gasteiger partial charge >= 0.3 is 6.18 Å². The summed E-state index contributed by atoms with van der Waals surface area (Å²) in [5.74, 6) is -0.469. The highest BCUT2D eigenvalue weighted by Crippen LogP contribution is 2.55. The van der Waals surface area contributed by atoms with Crippen LogP contribution in [0.3, 0.4) is 0 Å². The van der Waals surface area contributed by atoms with E-state index in [2.05, 4.69) is 52.8 Å². The third-order valence-corrected chi connectivity index (χ3v) is 7.56. The number of nitrogens with zero attached hydrogens (tertiary/aromatic N) is 5. The van der Waals surface area contributed by atoms with Gasteiger partial charge in [0.05, 0.1) is 34.0 Å². The van der Waals surface area contributed by atoms with Gasteiger partial charge < -0.3 is 10.6 Å². The number of rotatable bonds is 7. The molecule has 1 aliphatic rings. The molecule has 2 N–H and O–H groups in total. The van der Waals surface area contributed by atoms with E-state index in [0.717, 1.165) is 4.68 Å². The number of hydrogen-bond donors (Lipinski definition) is 2. The van der Waals surface area contributed by atoms with Crippen molar-refractivity contribution in [3.05, 3.63) is 75.9 Å². The van der Waals surface area contributed by atoms with Crippen LogP contribution in [0.25, 0.3) is 10.9 Å². The minimum absolute atomic E-state index is 0.0881. The lowest BCUT2D eigenvalue weighted by Gasteiger charge is -2.23. The van der Waals surface area contributed by atoms with E-state index in [0.29, 0.717) is 50.5 Å². The quantitative estimate of drug-likeness (QED) is 0.218. The molecular weight excluding hydrogens is 558 g/mol. The molecule has 0 bridgehead atoms. The minimum atomic E-state index is -4.48. The smallest absolute Gasteiger partial charge is 0.383 e. The highest BCUT2D eigenvalue weighted by molar-refractivity contribution is 6.35. The van der Waals surface area contributed by atoms with Crippen LogP contribution in [0.5, 0.6) is 0 Å². The van der Waals surface area contributed by atoms with Crippen molar-refractivity contribution >= 4 is 33.9 Å². The Hall–Kier alpha value is -3.91. The van der Waals surface area contributed by atoms with E-state index in [-0.39, 0.29) is 24.0 Å². The molecule has 4 aromatic rings. The fourth-order valence-electron chi connectivity index (χ4n) is 4.77. The fraction of sp³-hybridized carbons (Fsp3) is 0.379. The Morgan fingerprint density at radius 3 is 2.56 bits per heavy atom. The van der Waals surface area contributed by atoms with Gasteiger partial charge in [-0.05, 0) is 54.5 Å². The van der Waals surface area contributed by atoms with Crippen LogP contribution in [0, 0.1) is 29.5 Å². The fourth-order valence-corrected chi connectivity index (χ4v) is 5.03. The summed E-state index contributed by atoms with van der Waals surface area (Å²) in [6.07, 6.45) is -1.94. The molecule has 2 heterocycles. The number of halogens is 5. The largest absolute Gasteiger partial charge is 0.413 e. The van der Waals surface area contributed by atoms with Gasteiger partial charge in [0.25, 0.3) is 0 Å². The van der Waals surface area contributed by atoms with Gasteiger partial charge in [-0.3, -0.25) is 4.98 Å². The number of aromatic nitrogens is 4. The van der Waals surface area contributed by atoms with E-state index < -0.39 is 23.6 Å². The first-order valence-electron chi connectivity index (χ1n) is 13.0. The Morgan fingerprint density at radius 2 is 1.93 bits per heavy atom. The van der Waals surface area contributed by atoms with Gasteiger partial charge in [-0.2, -0.15) is 18.4 Å². The number of pyridine rings is 1. The molecule has 0 spiro atoms. The molecule has 1 unspecified atom stereocenters. The third kappa shape index (κ3) is 5.40. The molecule has 0 radical (unpaired) electrons. The second-order valence-electron chi connectivity index (χ2n) is 11.6. The Kier molecular flexibility index (Phi) is 7.10. The number of alkyl halides is 3. The van der Waals surface area contributed by atoms with Crippen molar-refractivity contribution in [3.8, 4) is 6.07 Å². The van der Waals surface area contributed by atoms with Gasteiger partial charge in [0, 0.05) is 23.8 Å². The molecule has 1 aliphatic carbocycles. The molecule has 0 aliphatic heterocycles. The van der Waals surface area contributed by atoms with Gasteiger partial charge in [-0.25, -0.2) is 9.07 Å². The van der Waals surface area contributed by atoms with Crippen molar-refractivity contribution in [1.82, 2.24) is 20.0 Å². The molecule has 1 atom stereocenters. The number of nitriles is 1. The number of anilines is 2. The van der Waals surface area contributed by atoms with E-state index in [1.54, 1.807) is 25.1 Å². The van der Waals surface area contributed by atoms with Crippen molar-refractivity contribution < 1.29 is 17.6 Å². The maximum atomic E-state index is 14.7. The van der Waals surface area contributed by atoms with Crippen LogP contribution in [0.15, 0.2) is 42.7 Å². The van der Waals surface area contributed by atoms with Crippen molar-refractivity contribution in [2.45, 2.75) is 58.3 Å². The minimum Gasteiger partial charge on any atom is -0.383 e. The standard InChI is InChI=1S/C29H28ClF4N7/c1-16-19(6-5-7-22(16)31)26(23-14-41(40-39-23)28(8-9-28)29(32,33)34)38-18-10-20-24(37-15-27(2,3)4)17(12-35)13-36-25(20)21(30)11-18/h5-7,10-11,13-14,26,38H,8-9,15H2,1-4H3,(H,36,37). The molecule has 2 aromatic heterocycles. The van der Waals surface area contributed by atoms with Crippen molar-refractivity contribution in [3.63, 3.8) is 0 Å². The first kappa shape index (κ1) is 28.6. The Morgan fingerprint density at radius 1 is 1.20 bits per heavy atom. The summed E-state index contributed by atoms with van der Waals surface area (Å²) in [4.78, 5) is 4.38. The molecule has 1 fully saturated rings. The molecule has 0 saturated heterocycles. The average Bonchev–Trinajstić information content (AvgIpc) is 3.58. The summed E-state index contributed by atoms with van der Waals surface area (Å²) in [6.45, 7) is 8.31. The molecular formula is C29H28ClF4N7. The summed E-state index contributed by atoms with van der Waals surface area (Å²) < 4.78 is 56.9. The molecule has 41 heavy (non-hydrogen) atoms. The van der Waals surface area contributed by atoms with Gasteiger partial charge in [0.1, 0.15) is 17.6 Å². The van der Waals surface area contributed by atoms with Gasteiger partial charge in [0.15, 0.2) is 5.54 Å². The van der Waals surface area contributed by atoms with Crippen LogP contribution in [0.4, 0.5) is 28.9 Å². The summed E-state index contributed by atoms with van der Waals surface area (Å²) in [5, 5.41) is 25.2. The summed E-state index contributed by atoms with van der Waals surface area (Å²) >= 11 is 6.64. The maximum Gasteiger partial charge on any atom is 0.413 e. The van der Waals surface area contributed by atoms with E-state index in [1.807, 2.05) is 0 Å². The van der Waals surface area contributed by atoms with Crippen molar-refractivity contribution in [2.75, 3.05) is 17.2 Å². The van der Waals surface area contributed by atoms with Crippen LogP contribution in [0.2, 0.25) is 5.02 Å². The zero-order valence-electron chi connectivity index (χ0n) is 22.9. The normalized spacial score (nSPS) is 15.4. The molecule has 5 rings (SSSR count). The highest BCUT2D eigenvalue weighted by Gasteiger charge is 2.66. The summed E-state index contributed by atoms with van der Waals surface area (Å²) in [6, 6.07) is 9.19. The Labute approximate surface area is 239 Å². The molecule has 2 aromatic carbocycles. The van der Waals surface area contributed by atoms with Crippen LogP contribution in [-0.4, -0.2) is 32.7 Å². The van der Waals surface area contributed by atoms with Crippen LogP contribution >= 0.6 is 11.6 Å². The molecule has 214 valence electrons. The summed E-state index contributed by atoms with van der Waals surface area (Å²) in [7, 11) is 0. The predicted molar refractivity (Wildman–Crippen MR) is 149 cm³/mol. The average molecular weight is 586 g/mol. The number of fused-ring (bicyclic) bond motifs is 1. The first-order valence-corrected chi connectivity index (χ1v) is 13.4. The SMILES string of the molecule is Cc1c(F)cccc1C(Nc1cc(Cl)c2ncc(C#N)c(NCC(C)(C)C)c2c1)c1cn(C2(C(F)(F)F)CC2)nn1. The number of benzene rings is 2. The second kappa shape index (κ2) is 10.2. The molecule has 0 amide bonds. The first-order chi connectivity index (χ1) is 19.2. The maximum absolute atomic E-state index is 14.7. The lowest BCUT2D eigenvalue weighted by molar-refractivity contribution is -0.182. The zero-order valence-corrected chi connectivity index (χ0v) is 23.6. The Bertz CT molecular complexity index is 1660. The van der Waals surface area contributed by atoms with Crippen molar-refractivity contribution in [1.29, 1.82) is 5.26 Å². The number of nitrogens with one attached hydrogen (secondary N) is 2. The van der Waals surface area contributed by atoms with Gasteiger partial charge in [-0.15, -0.1) is 5.10 Å². The van der Waals surface area contributed by atoms with E-state index in [4.69, 9.17) is 11.6 Å². The zero-order chi connectivity index (χ0) is 29.7. The predicted octanol–water partition coefficient (Wildman–Crippen LogP) is 7.51. The van der Waals surface area contributed by atoms with Crippen LogP contribution < -0.4 is 10.6 Å². The highest BCUT2D eigenvalue weighted by atomic mass is 35.5. The Balaban J connectivity index is 1.62. The molecule has 7 nitrogen and oxygen atoms in total. The van der Waals surface area contributed by atoms with E-state index >= 15 is 0 Å². The molecule has 12 heteroatoms. The van der Waals surface area contributed by atoms with Crippen LogP contribution in [-0.2, 0) is 5.54 Å². The van der Waals surface area contributed by atoms with Gasteiger partial charge in [0.2, 0.25) is 0 Å². The lowest BCUT2D eigenvalue weighted by Crippen LogP contribution is -2.35. The van der Waals surface area contributed by atoms with E-state index in [9.17, 15) is 22.8 Å². The molecule has 1 saturated carbocycles. The lowest BCUT2D eigenvalue weighted by atomic mass is 9.96. The summed E-state index contributed by atoms with van der Waals surface area (Å²) in [5.41, 5.74) is 0.615. The van der Waals surface area contributed by atoms with Crippen LogP contribution in [0.1, 0.15) is 62.0 Å². The van der Waals surface area contributed by atoms with Gasteiger partial charge in [-0.1, -0.05) is 49.7 Å². The number of hydrogen-bond acceptors (Lipinski definition) is 6.